The molecule has 0 bridgehead atoms. The topological polar surface area (TPSA) is 49.3 Å². The molecule has 2 unspecified atom stereocenters. The first-order valence-electron chi connectivity index (χ1n) is 6.82. The van der Waals surface area contributed by atoms with Crippen molar-refractivity contribution in [3.63, 3.8) is 0 Å². The molecule has 1 saturated carbocycles. The van der Waals surface area contributed by atoms with Gasteiger partial charge in [0.05, 0.1) is 12.4 Å². The summed E-state index contributed by atoms with van der Waals surface area (Å²) in [4.78, 5) is 12.8. The summed E-state index contributed by atoms with van der Waals surface area (Å²) < 4.78 is 12.8. The van der Waals surface area contributed by atoms with Gasteiger partial charge in [0.1, 0.15) is 5.82 Å². The zero-order valence-corrected chi connectivity index (χ0v) is 12.4. The molecule has 5 heteroatoms. The molecule has 2 rings (SSSR count). The fourth-order valence-corrected chi connectivity index (χ4v) is 3.29. The van der Waals surface area contributed by atoms with E-state index >= 15 is 0 Å². The molecule has 2 atom stereocenters. The van der Waals surface area contributed by atoms with E-state index < -0.39 is 0 Å². The van der Waals surface area contributed by atoms with Gasteiger partial charge in [0.2, 0.25) is 5.91 Å². The summed E-state index contributed by atoms with van der Waals surface area (Å²) in [6.07, 6.45) is 2.90. The average Bonchev–Trinajstić information content (AvgIpc) is 2.80. The Morgan fingerprint density at radius 2 is 2.20 bits per heavy atom. The number of amides is 1. The van der Waals surface area contributed by atoms with E-state index in [1.807, 2.05) is 6.92 Å². The van der Waals surface area contributed by atoms with Gasteiger partial charge >= 0.3 is 0 Å². The smallest absolute Gasteiger partial charge is 0.230 e. The van der Waals surface area contributed by atoms with Gasteiger partial charge in [-0.3, -0.25) is 4.79 Å². The highest BCUT2D eigenvalue weighted by molar-refractivity contribution is 8.00. The van der Waals surface area contributed by atoms with Gasteiger partial charge < -0.3 is 10.4 Å². The lowest BCUT2D eigenvalue weighted by molar-refractivity contribution is -0.120. The van der Waals surface area contributed by atoms with Crippen LogP contribution in [0.15, 0.2) is 29.2 Å². The van der Waals surface area contributed by atoms with E-state index in [-0.39, 0.29) is 29.8 Å². The van der Waals surface area contributed by atoms with Crippen molar-refractivity contribution in [1.82, 2.24) is 5.32 Å². The third kappa shape index (κ3) is 3.73. The number of aliphatic hydroxyl groups excluding tert-OH is 1. The van der Waals surface area contributed by atoms with Gasteiger partial charge in [-0.25, -0.2) is 4.39 Å². The summed E-state index contributed by atoms with van der Waals surface area (Å²) in [6.45, 7) is 2.11. The van der Waals surface area contributed by atoms with Crippen LogP contribution in [0.3, 0.4) is 0 Å². The molecule has 1 aromatic rings. The Balaban J connectivity index is 1.82. The van der Waals surface area contributed by atoms with Crippen LogP contribution in [0.4, 0.5) is 4.39 Å². The molecule has 2 N–H and O–H groups in total. The largest absolute Gasteiger partial charge is 0.396 e. The Morgan fingerprint density at radius 3 is 2.85 bits per heavy atom. The number of thioether (sulfide) groups is 1. The van der Waals surface area contributed by atoms with Crippen molar-refractivity contribution in [3.05, 3.63) is 30.1 Å². The van der Waals surface area contributed by atoms with E-state index in [2.05, 4.69) is 5.32 Å². The van der Waals surface area contributed by atoms with Crippen LogP contribution in [-0.4, -0.2) is 29.4 Å². The fraction of sp³-hybridized carbons (Fsp3) is 0.533. The molecular weight excluding hydrogens is 277 g/mol. The summed E-state index contributed by atoms with van der Waals surface area (Å²) in [5, 5.41) is 12.5. The Hall–Kier alpha value is -1.07. The number of carbonyl (C=O) groups is 1. The highest BCUT2D eigenvalue weighted by atomic mass is 32.2. The number of carbonyl (C=O) groups excluding carboxylic acids is 1. The van der Waals surface area contributed by atoms with Crippen molar-refractivity contribution in [2.24, 2.45) is 5.41 Å². The minimum atomic E-state index is -0.275. The van der Waals surface area contributed by atoms with E-state index in [1.54, 1.807) is 12.1 Å². The summed E-state index contributed by atoms with van der Waals surface area (Å²) in [5.74, 6) is -0.00160. The zero-order valence-electron chi connectivity index (χ0n) is 11.6. The van der Waals surface area contributed by atoms with Crippen molar-refractivity contribution >= 4 is 17.7 Å². The molecule has 1 amide bonds. The maximum absolute atomic E-state index is 12.8. The Bertz CT molecular complexity index is 465. The van der Waals surface area contributed by atoms with Crippen LogP contribution >= 0.6 is 11.8 Å². The van der Waals surface area contributed by atoms with E-state index in [1.165, 1.54) is 23.9 Å². The van der Waals surface area contributed by atoms with Crippen LogP contribution in [0, 0.1) is 11.2 Å². The van der Waals surface area contributed by atoms with Crippen LogP contribution in [-0.2, 0) is 4.79 Å². The molecule has 0 saturated heterocycles. The number of hydrogen-bond acceptors (Lipinski definition) is 3. The lowest BCUT2D eigenvalue weighted by atomic mass is 9.86. The van der Waals surface area contributed by atoms with Crippen molar-refractivity contribution in [1.29, 1.82) is 0 Å². The molecule has 1 aliphatic rings. The minimum absolute atomic E-state index is 0.0362. The number of hydrogen-bond donors (Lipinski definition) is 2. The highest BCUT2D eigenvalue weighted by Crippen LogP contribution is 2.37. The zero-order chi connectivity index (χ0) is 14.6. The maximum atomic E-state index is 12.8. The standard InChI is InChI=1S/C15H20FNO2S/c1-15(10-18)8-2-3-13(15)17-14(19)9-20-12-6-4-11(16)5-7-12/h4-7,13,18H,2-3,8-10H2,1H3,(H,17,19). The van der Waals surface area contributed by atoms with Gasteiger partial charge in [0.15, 0.2) is 0 Å². The second-order valence-corrected chi connectivity index (χ2v) is 6.62. The number of rotatable bonds is 5. The molecule has 1 aliphatic carbocycles. The highest BCUT2D eigenvalue weighted by Gasteiger charge is 2.38. The van der Waals surface area contributed by atoms with Crippen molar-refractivity contribution in [2.45, 2.75) is 37.1 Å². The number of halogens is 1. The second kappa shape index (κ2) is 6.59. The minimum Gasteiger partial charge on any atom is -0.396 e. The molecule has 0 heterocycles. The summed E-state index contributed by atoms with van der Waals surface area (Å²) in [7, 11) is 0. The van der Waals surface area contributed by atoms with Gasteiger partial charge in [-0.2, -0.15) is 0 Å². The van der Waals surface area contributed by atoms with Crippen molar-refractivity contribution < 1.29 is 14.3 Å². The molecule has 0 spiro atoms. The van der Waals surface area contributed by atoms with Gasteiger partial charge in [-0.05, 0) is 37.1 Å². The Labute approximate surface area is 123 Å². The van der Waals surface area contributed by atoms with E-state index in [0.29, 0.717) is 5.75 Å². The van der Waals surface area contributed by atoms with Crippen LogP contribution < -0.4 is 5.32 Å². The predicted octanol–water partition coefficient (Wildman–Crippen LogP) is 2.59. The number of aliphatic hydroxyl groups is 1. The van der Waals surface area contributed by atoms with Crippen LogP contribution in [0.25, 0.3) is 0 Å². The molecule has 3 nitrogen and oxygen atoms in total. The summed E-state index contributed by atoms with van der Waals surface area (Å²) in [6, 6.07) is 6.16. The lowest BCUT2D eigenvalue weighted by Crippen LogP contribution is -2.45. The predicted molar refractivity (Wildman–Crippen MR) is 78.1 cm³/mol. The first-order chi connectivity index (χ1) is 9.53. The van der Waals surface area contributed by atoms with Gasteiger partial charge in [-0.1, -0.05) is 13.3 Å². The summed E-state index contributed by atoms with van der Waals surface area (Å²) in [5.41, 5.74) is -0.198. The molecule has 0 radical (unpaired) electrons. The number of benzene rings is 1. The van der Waals surface area contributed by atoms with E-state index in [0.717, 1.165) is 24.2 Å². The van der Waals surface area contributed by atoms with Gasteiger partial charge in [0.25, 0.3) is 0 Å². The quantitative estimate of drug-likeness (QED) is 0.821. The molecule has 0 aliphatic heterocycles. The monoisotopic (exact) mass is 297 g/mol. The summed E-state index contributed by atoms with van der Waals surface area (Å²) >= 11 is 1.39. The van der Waals surface area contributed by atoms with Crippen molar-refractivity contribution in [3.8, 4) is 0 Å². The van der Waals surface area contributed by atoms with E-state index in [9.17, 15) is 14.3 Å². The number of nitrogens with one attached hydrogen (secondary N) is 1. The van der Waals surface area contributed by atoms with E-state index in [4.69, 9.17) is 0 Å². The molecule has 1 aromatic carbocycles. The third-order valence-electron chi connectivity index (χ3n) is 3.96. The Kier molecular flexibility index (Phi) is 5.05. The molecular formula is C15H20FNO2S. The first kappa shape index (κ1) is 15.3. The Morgan fingerprint density at radius 1 is 1.50 bits per heavy atom. The van der Waals surface area contributed by atoms with Crippen LogP contribution in [0.1, 0.15) is 26.2 Å². The normalized spacial score (nSPS) is 25.6. The molecule has 1 fully saturated rings. The lowest BCUT2D eigenvalue weighted by Gasteiger charge is -2.30. The SMILES string of the molecule is CC1(CO)CCCC1NC(=O)CSc1ccc(F)cc1. The molecule has 110 valence electrons. The average molecular weight is 297 g/mol. The fourth-order valence-electron chi connectivity index (χ4n) is 2.58. The van der Waals surface area contributed by atoms with Gasteiger partial charge in [0, 0.05) is 16.4 Å². The second-order valence-electron chi connectivity index (χ2n) is 5.57. The first-order valence-corrected chi connectivity index (χ1v) is 7.81. The van der Waals surface area contributed by atoms with Crippen molar-refractivity contribution in [2.75, 3.05) is 12.4 Å². The van der Waals surface area contributed by atoms with Crippen LogP contribution in [0.5, 0.6) is 0 Å². The molecule has 20 heavy (non-hydrogen) atoms. The molecule has 0 aromatic heterocycles. The van der Waals surface area contributed by atoms with Gasteiger partial charge in [-0.15, -0.1) is 11.8 Å². The third-order valence-corrected chi connectivity index (χ3v) is 4.97. The maximum Gasteiger partial charge on any atom is 0.230 e. The van der Waals surface area contributed by atoms with Crippen LogP contribution in [0.2, 0.25) is 0 Å².